The molecule has 17 heavy (non-hydrogen) atoms. The van der Waals surface area contributed by atoms with Gasteiger partial charge in [0.15, 0.2) is 12.4 Å². The van der Waals surface area contributed by atoms with Crippen molar-refractivity contribution >= 4 is 5.91 Å². The van der Waals surface area contributed by atoms with Gasteiger partial charge < -0.3 is 10.1 Å². The number of unbranched alkanes of at least 4 members (excludes halogenated alkanes) is 1. The van der Waals surface area contributed by atoms with Crippen molar-refractivity contribution in [2.75, 3.05) is 13.2 Å². The van der Waals surface area contributed by atoms with Crippen LogP contribution in [0.1, 0.15) is 39.7 Å². The first-order valence-corrected chi connectivity index (χ1v) is 6.07. The first-order valence-electron chi connectivity index (χ1n) is 6.07. The van der Waals surface area contributed by atoms with E-state index in [9.17, 15) is 4.79 Å². The molecular weight excluding hydrogens is 218 g/mol. The van der Waals surface area contributed by atoms with Crippen LogP contribution in [-0.2, 0) is 4.79 Å². The molecule has 0 atom stereocenters. The molecule has 1 rings (SSSR count). The quantitative estimate of drug-likeness (QED) is 0.738. The summed E-state index contributed by atoms with van der Waals surface area (Å²) in [7, 11) is 0. The predicted molar refractivity (Wildman–Crippen MR) is 66.0 cm³/mol. The second-order valence-corrected chi connectivity index (χ2v) is 4.24. The third kappa shape index (κ3) is 4.89. The predicted octanol–water partition coefficient (Wildman–Crippen LogP) is 1.76. The van der Waals surface area contributed by atoms with E-state index in [1.807, 2.05) is 13.8 Å². The first kappa shape index (κ1) is 13.5. The summed E-state index contributed by atoms with van der Waals surface area (Å²) in [6, 6.07) is 0.297. The van der Waals surface area contributed by atoms with Crippen molar-refractivity contribution in [3.63, 3.8) is 0 Å². The van der Waals surface area contributed by atoms with Crippen molar-refractivity contribution < 1.29 is 9.53 Å². The Labute approximate surface area is 102 Å². The molecule has 0 aromatic carbocycles. The summed E-state index contributed by atoms with van der Waals surface area (Å²) in [6.45, 7) is 6.92. The lowest BCUT2D eigenvalue weighted by Crippen LogP contribution is -2.29. The van der Waals surface area contributed by atoms with Crippen LogP contribution in [0.25, 0.3) is 0 Å². The fourth-order valence-electron chi connectivity index (χ4n) is 1.28. The Balaban J connectivity index is 2.27. The van der Waals surface area contributed by atoms with E-state index in [2.05, 4.69) is 17.3 Å². The molecule has 0 fully saturated rings. The minimum atomic E-state index is -0.0873. The van der Waals surface area contributed by atoms with Gasteiger partial charge in [0, 0.05) is 12.6 Å². The zero-order chi connectivity index (χ0) is 12.7. The number of nitrogens with zero attached hydrogens (tertiary/aromatic N) is 2. The molecule has 5 heteroatoms. The average Bonchev–Trinajstić information content (AvgIpc) is 2.75. The van der Waals surface area contributed by atoms with Crippen LogP contribution in [0, 0.1) is 0 Å². The molecular formula is C12H21N3O2. The van der Waals surface area contributed by atoms with Gasteiger partial charge in [-0.3, -0.25) is 9.48 Å². The van der Waals surface area contributed by atoms with Crippen LogP contribution in [0.2, 0.25) is 0 Å². The number of carbonyl (C=O) groups excluding carboxylic acids is 1. The molecule has 1 amide bonds. The fraction of sp³-hybridized carbons (Fsp3) is 0.667. The van der Waals surface area contributed by atoms with Crippen LogP contribution in [0.3, 0.4) is 0 Å². The number of amides is 1. The zero-order valence-electron chi connectivity index (χ0n) is 10.8. The molecule has 0 radical (unpaired) electrons. The molecule has 0 saturated heterocycles. The molecule has 0 spiro atoms. The van der Waals surface area contributed by atoms with E-state index in [0.717, 1.165) is 12.8 Å². The highest BCUT2D eigenvalue weighted by Crippen LogP contribution is 2.11. The van der Waals surface area contributed by atoms with E-state index in [-0.39, 0.29) is 12.5 Å². The van der Waals surface area contributed by atoms with Gasteiger partial charge in [0.2, 0.25) is 0 Å². The van der Waals surface area contributed by atoms with Crippen LogP contribution < -0.4 is 10.1 Å². The summed E-state index contributed by atoms with van der Waals surface area (Å²) in [5.41, 5.74) is 0. The monoisotopic (exact) mass is 239 g/mol. The smallest absolute Gasteiger partial charge is 0.257 e. The van der Waals surface area contributed by atoms with Gasteiger partial charge in [-0.1, -0.05) is 13.3 Å². The van der Waals surface area contributed by atoms with Crippen LogP contribution >= 0.6 is 0 Å². The van der Waals surface area contributed by atoms with Gasteiger partial charge in [0.1, 0.15) is 0 Å². The van der Waals surface area contributed by atoms with Crippen molar-refractivity contribution in [3.8, 4) is 5.75 Å². The van der Waals surface area contributed by atoms with Crippen molar-refractivity contribution in [3.05, 3.63) is 12.4 Å². The van der Waals surface area contributed by atoms with E-state index < -0.39 is 0 Å². The van der Waals surface area contributed by atoms with Gasteiger partial charge in [0.25, 0.3) is 5.91 Å². The minimum Gasteiger partial charge on any atom is -0.480 e. The molecule has 5 nitrogen and oxygen atoms in total. The van der Waals surface area contributed by atoms with Crippen molar-refractivity contribution in [2.24, 2.45) is 0 Å². The number of hydrogen-bond donors (Lipinski definition) is 1. The number of aromatic nitrogens is 2. The molecule has 1 heterocycles. The number of nitrogens with one attached hydrogen (secondary N) is 1. The normalized spacial score (nSPS) is 10.6. The molecule has 0 aliphatic rings. The lowest BCUT2D eigenvalue weighted by atomic mass is 10.3. The molecule has 1 aromatic rings. The van der Waals surface area contributed by atoms with Crippen molar-refractivity contribution in [2.45, 2.75) is 39.7 Å². The van der Waals surface area contributed by atoms with Gasteiger partial charge in [-0.25, -0.2) is 0 Å². The lowest BCUT2D eigenvalue weighted by Gasteiger charge is -2.05. The topological polar surface area (TPSA) is 56.1 Å². The van der Waals surface area contributed by atoms with Gasteiger partial charge >= 0.3 is 0 Å². The molecule has 96 valence electrons. The molecule has 0 unspecified atom stereocenters. The standard InChI is InChI=1S/C12H21N3O2/c1-4-5-6-13-12(16)9-17-11-7-14-15(8-11)10(2)3/h7-8,10H,4-6,9H2,1-3H3,(H,13,16). The largest absolute Gasteiger partial charge is 0.480 e. The maximum atomic E-state index is 11.4. The number of carbonyl (C=O) groups is 1. The Bertz CT molecular complexity index is 347. The summed E-state index contributed by atoms with van der Waals surface area (Å²) < 4.78 is 7.13. The maximum absolute atomic E-state index is 11.4. The van der Waals surface area contributed by atoms with Crippen LogP contribution in [0.4, 0.5) is 0 Å². The summed E-state index contributed by atoms with van der Waals surface area (Å²) in [6.07, 6.45) is 5.49. The zero-order valence-corrected chi connectivity index (χ0v) is 10.8. The number of rotatable bonds is 7. The Morgan fingerprint density at radius 3 is 2.94 bits per heavy atom. The SMILES string of the molecule is CCCCNC(=O)COc1cnn(C(C)C)c1. The van der Waals surface area contributed by atoms with Crippen LogP contribution in [0.5, 0.6) is 5.75 Å². The Morgan fingerprint density at radius 2 is 2.35 bits per heavy atom. The van der Waals surface area contributed by atoms with Gasteiger partial charge in [0.05, 0.1) is 12.4 Å². The summed E-state index contributed by atoms with van der Waals surface area (Å²) in [5, 5.41) is 6.92. The van der Waals surface area contributed by atoms with E-state index in [1.165, 1.54) is 0 Å². The summed E-state index contributed by atoms with van der Waals surface area (Å²) >= 11 is 0. The second kappa shape index (κ2) is 6.93. The molecule has 0 aliphatic heterocycles. The lowest BCUT2D eigenvalue weighted by molar-refractivity contribution is -0.123. The minimum absolute atomic E-state index is 0.0491. The highest BCUT2D eigenvalue weighted by Gasteiger charge is 2.05. The van der Waals surface area contributed by atoms with Crippen LogP contribution in [-0.4, -0.2) is 28.8 Å². The van der Waals surface area contributed by atoms with E-state index in [4.69, 9.17) is 4.74 Å². The summed E-state index contributed by atoms with van der Waals surface area (Å²) in [4.78, 5) is 11.4. The highest BCUT2D eigenvalue weighted by atomic mass is 16.5. The molecule has 1 aromatic heterocycles. The fourth-order valence-corrected chi connectivity index (χ4v) is 1.28. The van der Waals surface area contributed by atoms with Crippen molar-refractivity contribution in [1.82, 2.24) is 15.1 Å². The summed E-state index contributed by atoms with van der Waals surface area (Å²) in [5.74, 6) is 0.542. The Hall–Kier alpha value is -1.52. The molecule has 0 saturated carbocycles. The van der Waals surface area contributed by atoms with Crippen molar-refractivity contribution in [1.29, 1.82) is 0 Å². The van der Waals surface area contributed by atoms with Gasteiger partial charge in [-0.05, 0) is 20.3 Å². The second-order valence-electron chi connectivity index (χ2n) is 4.24. The average molecular weight is 239 g/mol. The highest BCUT2D eigenvalue weighted by molar-refractivity contribution is 5.77. The van der Waals surface area contributed by atoms with E-state index >= 15 is 0 Å². The number of ether oxygens (including phenoxy) is 1. The Morgan fingerprint density at radius 1 is 1.59 bits per heavy atom. The third-order valence-corrected chi connectivity index (χ3v) is 2.33. The number of hydrogen-bond acceptors (Lipinski definition) is 3. The van der Waals surface area contributed by atoms with Gasteiger partial charge in [-0.2, -0.15) is 5.10 Å². The van der Waals surface area contributed by atoms with Gasteiger partial charge in [-0.15, -0.1) is 0 Å². The van der Waals surface area contributed by atoms with E-state index in [1.54, 1.807) is 17.1 Å². The third-order valence-electron chi connectivity index (χ3n) is 2.33. The maximum Gasteiger partial charge on any atom is 0.257 e. The Kier molecular flexibility index (Phi) is 5.52. The van der Waals surface area contributed by atoms with E-state index in [0.29, 0.717) is 18.3 Å². The molecule has 1 N–H and O–H groups in total. The van der Waals surface area contributed by atoms with Crippen LogP contribution in [0.15, 0.2) is 12.4 Å². The first-order chi connectivity index (χ1) is 8.13. The molecule has 0 aliphatic carbocycles. The molecule has 0 bridgehead atoms.